The van der Waals surface area contributed by atoms with Gasteiger partial charge >= 0.3 is 0 Å². The Kier molecular flexibility index (Phi) is 6.21. The molecule has 35 heavy (non-hydrogen) atoms. The van der Waals surface area contributed by atoms with Crippen LogP contribution in [0.1, 0.15) is 63.8 Å². The molecule has 0 aromatic heterocycles. The van der Waals surface area contributed by atoms with Gasteiger partial charge in [0.25, 0.3) is 0 Å². The average Bonchev–Trinajstić information content (AvgIpc) is 3.07. The van der Waals surface area contributed by atoms with Gasteiger partial charge in [-0.25, -0.2) is 0 Å². The second-order valence-electron chi connectivity index (χ2n) is 11.2. The minimum Gasteiger partial charge on any atom is -0.337 e. The van der Waals surface area contributed by atoms with Crippen LogP contribution in [0.3, 0.4) is 0 Å². The quantitative estimate of drug-likeness (QED) is 0.480. The fraction of sp³-hybridized carbons (Fsp3) is 0.387. The minimum absolute atomic E-state index is 0.133. The van der Waals surface area contributed by atoms with Gasteiger partial charge < -0.3 is 4.90 Å². The lowest BCUT2D eigenvalue weighted by Gasteiger charge is -2.26. The molecule has 0 aliphatic carbocycles. The zero-order valence-corrected chi connectivity index (χ0v) is 22.3. The Balaban J connectivity index is 1.80. The number of allylic oxidation sites excluding steroid dienone is 4. The van der Waals surface area contributed by atoms with Gasteiger partial charge in [-0.3, -0.25) is 9.59 Å². The summed E-state index contributed by atoms with van der Waals surface area (Å²) in [6, 6.07) is 12.9. The van der Waals surface area contributed by atoms with Crippen LogP contribution in [0.4, 0.5) is 11.4 Å². The van der Waals surface area contributed by atoms with Gasteiger partial charge in [0.15, 0.2) is 11.5 Å². The normalized spacial score (nSPS) is 19.0. The molecule has 0 amide bonds. The lowest BCUT2D eigenvalue weighted by Crippen LogP contribution is -2.30. The molecule has 0 atom stereocenters. The Morgan fingerprint density at radius 3 is 2.14 bits per heavy atom. The van der Waals surface area contributed by atoms with Gasteiger partial charge in [0, 0.05) is 41.4 Å². The summed E-state index contributed by atoms with van der Waals surface area (Å²) in [5, 5.41) is 0. The molecule has 0 spiro atoms. The van der Waals surface area contributed by atoms with Crippen molar-refractivity contribution in [2.24, 2.45) is 0 Å². The molecular formula is C31H37N2O2+. The van der Waals surface area contributed by atoms with Gasteiger partial charge in [-0.05, 0) is 58.4 Å². The Morgan fingerprint density at radius 2 is 1.51 bits per heavy atom. The molecule has 2 heterocycles. The van der Waals surface area contributed by atoms with Crippen molar-refractivity contribution in [3.05, 3.63) is 82.6 Å². The number of hydrogen-bond acceptors (Lipinski definition) is 3. The van der Waals surface area contributed by atoms with Crippen LogP contribution in [0.25, 0.3) is 0 Å². The number of rotatable bonds is 6. The van der Waals surface area contributed by atoms with Crippen LogP contribution in [-0.2, 0) is 20.4 Å². The standard InChI is InChI=1S/C31H37N2O2/c1-20-12-14-26-24(16-20)30(5,6)28(32(26)18-22(3)34)10-9-11-29-31(7,8)25-17-21(2)13-15-27(25)33(29)19-23(4)35/h9-17H,18-19H2,1-8H3/q+1. The summed E-state index contributed by atoms with van der Waals surface area (Å²) in [7, 11) is 0. The Bertz CT molecular complexity index is 1320. The molecule has 2 aliphatic rings. The molecule has 2 aromatic carbocycles. The summed E-state index contributed by atoms with van der Waals surface area (Å²) >= 11 is 0. The van der Waals surface area contributed by atoms with E-state index in [0.717, 1.165) is 22.8 Å². The smallest absolute Gasteiger partial charge is 0.210 e. The van der Waals surface area contributed by atoms with E-state index >= 15 is 0 Å². The van der Waals surface area contributed by atoms with Crippen LogP contribution in [0.5, 0.6) is 0 Å². The molecule has 2 aliphatic heterocycles. The van der Waals surface area contributed by atoms with Crippen LogP contribution in [0.2, 0.25) is 0 Å². The number of anilines is 1. The first-order valence-electron chi connectivity index (χ1n) is 12.4. The van der Waals surface area contributed by atoms with Gasteiger partial charge in [-0.1, -0.05) is 49.2 Å². The van der Waals surface area contributed by atoms with Crippen LogP contribution in [0.15, 0.2) is 60.3 Å². The van der Waals surface area contributed by atoms with Crippen molar-refractivity contribution in [2.75, 3.05) is 18.0 Å². The van der Waals surface area contributed by atoms with Gasteiger partial charge in [0.1, 0.15) is 5.78 Å². The third kappa shape index (κ3) is 4.31. The molecule has 0 fully saturated rings. The summed E-state index contributed by atoms with van der Waals surface area (Å²) < 4.78 is 2.15. The van der Waals surface area contributed by atoms with Crippen molar-refractivity contribution < 1.29 is 14.2 Å². The van der Waals surface area contributed by atoms with Crippen LogP contribution < -0.4 is 4.90 Å². The number of Topliss-reactive ketones (excluding diaryl/α,β-unsaturated/α-hetero) is 2. The highest BCUT2D eigenvalue weighted by Gasteiger charge is 2.45. The van der Waals surface area contributed by atoms with E-state index in [1.165, 1.54) is 22.3 Å². The maximum Gasteiger partial charge on any atom is 0.210 e. The van der Waals surface area contributed by atoms with Crippen molar-refractivity contribution in [2.45, 2.75) is 66.2 Å². The summed E-state index contributed by atoms with van der Waals surface area (Å²) in [6.45, 7) is 17.1. The van der Waals surface area contributed by atoms with E-state index in [2.05, 4.69) is 106 Å². The number of benzene rings is 2. The van der Waals surface area contributed by atoms with Crippen molar-refractivity contribution in [3.8, 4) is 0 Å². The molecular weight excluding hydrogens is 432 g/mol. The average molecular weight is 470 g/mol. The molecule has 0 N–H and O–H groups in total. The fourth-order valence-electron chi connectivity index (χ4n) is 5.60. The molecule has 182 valence electrons. The predicted molar refractivity (Wildman–Crippen MR) is 144 cm³/mol. The second-order valence-corrected chi connectivity index (χ2v) is 11.2. The van der Waals surface area contributed by atoms with Crippen LogP contribution in [-0.4, -0.2) is 34.9 Å². The SMILES string of the molecule is CC(=O)CN1/C(=C\C=C\C2=[N+](CC(C)=O)c3ccc(C)cc3C2(C)C)C(C)(C)c2cc(C)ccc21. The lowest BCUT2D eigenvalue weighted by molar-refractivity contribution is -0.424. The number of aryl methyl sites for hydroxylation is 2. The van der Waals surface area contributed by atoms with E-state index in [9.17, 15) is 9.59 Å². The molecule has 0 unspecified atom stereocenters. The van der Waals surface area contributed by atoms with Gasteiger partial charge in [0.2, 0.25) is 12.2 Å². The van der Waals surface area contributed by atoms with Crippen molar-refractivity contribution in [3.63, 3.8) is 0 Å². The molecule has 4 heteroatoms. The number of nitrogens with zero attached hydrogens (tertiary/aromatic N) is 2. The Morgan fingerprint density at radius 1 is 0.886 bits per heavy atom. The molecule has 4 nitrogen and oxygen atoms in total. The second kappa shape index (κ2) is 8.75. The Labute approximate surface area is 209 Å². The van der Waals surface area contributed by atoms with Crippen LogP contribution >= 0.6 is 0 Å². The number of hydrogen-bond donors (Lipinski definition) is 0. The summed E-state index contributed by atoms with van der Waals surface area (Å²) in [5.74, 6) is 0.266. The highest BCUT2D eigenvalue weighted by Crippen LogP contribution is 2.48. The third-order valence-electron chi connectivity index (χ3n) is 7.36. The van der Waals surface area contributed by atoms with Crippen molar-refractivity contribution >= 4 is 28.7 Å². The Hall–Kier alpha value is -3.27. The summed E-state index contributed by atoms with van der Waals surface area (Å²) in [4.78, 5) is 26.5. The first kappa shape index (κ1) is 24.8. The highest BCUT2D eigenvalue weighted by molar-refractivity contribution is 6.03. The minimum atomic E-state index is -0.226. The lowest BCUT2D eigenvalue weighted by atomic mass is 9.80. The number of fused-ring (bicyclic) bond motifs is 2. The van der Waals surface area contributed by atoms with Crippen molar-refractivity contribution in [1.82, 2.24) is 0 Å². The highest BCUT2D eigenvalue weighted by atomic mass is 16.1. The largest absolute Gasteiger partial charge is 0.337 e. The monoisotopic (exact) mass is 469 g/mol. The third-order valence-corrected chi connectivity index (χ3v) is 7.36. The first-order valence-corrected chi connectivity index (χ1v) is 12.4. The van der Waals surface area contributed by atoms with Gasteiger partial charge in [-0.2, -0.15) is 4.58 Å². The number of carbonyl (C=O) groups excluding carboxylic acids is 2. The summed E-state index contributed by atoms with van der Waals surface area (Å²) in [6.07, 6.45) is 6.37. The fourth-order valence-corrected chi connectivity index (χ4v) is 5.60. The van der Waals surface area contributed by atoms with Crippen LogP contribution in [0, 0.1) is 13.8 Å². The van der Waals surface area contributed by atoms with E-state index in [1.807, 2.05) is 0 Å². The molecule has 0 saturated carbocycles. The van der Waals surface area contributed by atoms with E-state index in [4.69, 9.17) is 0 Å². The van der Waals surface area contributed by atoms with Gasteiger partial charge in [0.05, 0.1) is 12.0 Å². The molecule has 0 bridgehead atoms. The van der Waals surface area contributed by atoms with E-state index in [-0.39, 0.29) is 22.4 Å². The van der Waals surface area contributed by atoms with E-state index in [1.54, 1.807) is 13.8 Å². The molecule has 0 saturated heterocycles. The zero-order valence-electron chi connectivity index (χ0n) is 22.3. The topological polar surface area (TPSA) is 40.4 Å². The zero-order chi connectivity index (χ0) is 25.7. The van der Waals surface area contributed by atoms with E-state index in [0.29, 0.717) is 13.1 Å². The predicted octanol–water partition coefficient (Wildman–Crippen LogP) is 6.10. The molecule has 0 radical (unpaired) electrons. The molecule has 2 aromatic rings. The maximum atomic E-state index is 12.2. The molecule has 4 rings (SSSR count). The maximum absolute atomic E-state index is 12.2. The number of ketones is 2. The number of carbonyl (C=O) groups is 2. The summed E-state index contributed by atoms with van der Waals surface area (Å²) in [5.41, 5.74) is 8.88. The van der Waals surface area contributed by atoms with Gasteiger partial charge in [-0.15, -0.1) is 0 Å². The first-order chi connectivity index (χ1) is 16.3. The van der Waals surface area contributed by atoms with E-state index < -0.39 is 0 Å². The van der Waals surface area contributed by atoms with Crippen molar-refractivity contribution in [1.29, 1.82) is 0 Å².